The molecule has 24 heavy (non-hydrogen) atoms. The van der Waals surface area contributed by atoms with Gasteiger partial charge in [-0.15, -0.1) is 0 Å². The third kappa shape index (κ3) is 1.99. The van der Waals surface area contributed by atoms with Crippen molar-refractivity contribution in [2.75, 3.05) is 5.32 Å². The molecule has 5 aromatic rings. The van der Waals surface area contributed by atoms with E-state index in [1.165, 1.54) is 0 Å². The number of pyridine rings is 1. The summed E-state index contributed by atoms with van der Waals surface area (Å²) < 4.78 is 5.94. The molecule has 5 heteroatoms. The van der Waals surface area contributed by atoms with Crippen LogP contribution in [0.15, 0.2) is 71.5 Å². The van der Waals surface area contributed by atoms with Crippen LogP contribution in [0.2, 0.25) is 0 Å². The van der Waals surface area contributed by atoms with E-state index in [1.54, 1.807) is 12.5 Å². The molecule has 114 valence electrons. The first kappa shape index (κ1) is 13.0. The molecule has 0 bridgehead atoms. The van der Waals surface area contributed by atoms with Gasteiger partial charge in [0.15, 0.2) is 11.4 Å². The summed E-state index contributed by atoms with van der Waals surface area (Å²) in [6, 6.07) is 17.8. The molecule has 0 aliphatic rings. The molecule has 0 spiro atoms. The quantitative estimate of drug-likeness (QED) is 0.513. The van der Waals surface area contributed by atoms with Crippen LogP contribution in [0.5, 0.6) is 0 Å². The number of hydrogen-bond acceptors (Lipinski definition) is 5. The summed E-state index contributed by atoms with van der Waals surface area (Å²) in [4.78, 5) is 13.1. The Morgan fingerprint density at radius 2 is 1.83 bits per heavy atom. The summed E-state index contributed by atoms with van der Waals surface area (Å²) in [5.74, 6) is 0.645. The van der Waals surface area contributed by atoms with Gasteiger partial charge in [0, 0.05) is 22.7 Å². The van der Waals surface area contributed by atoms with E-state index in [0.717, 1.165) is 33.1 Å². The fraction of sp³-hybridized carbons (Fsp3) is 0. The average molecular weight is 312 g/mol. The van der Waals surface area contributed by atoms with Gasteiger partial charge in [-0.25, -0.2) is 9.97 Å². The zero-order valence-electron chi connectivity index (χ0n) is 12.6. The van der Waals surface area contributed by atoms with E-state index < -0.39 is 0 Å². The highest BCUT2D eigenvalue weighted by Crippen LogP contribution is 2.32. The number of benzene rings is 2. The molecular weight excluding hydrogens is 300 g/mol. The normalized spacial score (nSPS) is 11.3. The number of nitrogens with zero attached hydrogens (tertiary/aromatic N) is 3. The summed E-state index contributed by atoms with van der Waals surface area (Å²) >= 11 is 0. The van der Waals surface area contributed by atoms with Crippen molar-refractivity contribution in [3.05, 3.63) is 67.1 Å². The number of para-hydroxylation sites is 1. The molecule has 0 aliphatic heterocycles. The van der Waals surface area contributed by atoms with Gasteiger partial charge in [-0.05, 0) is 30.3 Å². The Balaban J connectivity index is 1.65. The predicted octanol–water partition coefficient (Wildman–Crippen LogP) is 4.67. The molecular formula is C19H12N4O. The SMILES string of the molecule is c1cnc2cc(Nc3ncnc4c3oc3ccccc34)ccc2c1. The molecule has 0 saturated carbocycles. The van der Waals surface area contributed by atoms with E-state index in [2.05, 4.69) is 20.3 Å². The molecule has 2 aromatic carbocycles. The zero-order valence-corrected chi connectivity index (χ0v) is 12.6. The second-order valence-corrected chi connectivity index (χ2v) is 5.53. The molecule has 0 unspecified atom stereocenters. The van der Waals surface area contributed by atoms with Crippen molar-refractivity contribution in [3.63, 3.8) is 0 Å². The number of rotatable bonds is 2. The van der Waals surface area contributed by atoms with E-state index >= 15 is 0 Å². The highest BCUT2D eigenvalue weighted by molar-refractivity contribution is 6.05. The van der Waals surface area contributed by atoms with Crippen molar-refractivity contribution in [2.45, 2.75) is 0 Å². The van der Waals surface area contributed by atoms with E-state index in [9.17, 15) is 0 Å². The number of hydrogen-bond donors (Lipinski definition) is 1. The topological polar surface area (TPSA) is 63.8 Å². The van der Waals surface area contributed by atoms with Gasteiger partial charge in [-0.3, -0.25) is 4.98 Å². The van der Waals surface area contributed by atoms with E-state index in [-0.39, 0.29) is 0 Å². The van der Waals surface area contributed by atoms with Crippen LogP contribution in [0.25, 0.3) is 33.0 Å². The first-order chi connectivity index (χ1) is 11.9. The molecule has 0 radical (unpaired) electrons. The van der Waals surface area contributed by atoms with Gasteiger partial charge in [0.05, 0.1) is 5.52 Å². The van der Waals surface area contributed by atoms with Crippen LogP contribution in [-0.4, -0.2) is 15.0 Å². The number of furan rings is 1. The van der Waals surface area contributed by atoms with Crippen LogP contribution < -0.4 is 5.32 Å². The minimum Gasteiger partial charge on any atom is -0.450 e. The van der Waals surface area contributed by atoms with E-state index in [0.29, 0.717) is 11.4 Å². The van der Waals surface area contributed by atoms with Crippen LogP contribution in [-0.2, 0) is 0 Å². The summed E-state index contributed by atoms with van der Waals surface area (Å²) in [6.07, 6.45) is 3.33. The van der Waals surface area contributed by atoms with Crippen molar-refractivity contribution in [2.24, 2.45) is 0 Å². The fourth-order valence-corrected chi connectivity index (χ4v) is 2.89. The van der Waals surface area contributed by atoms with Gasteiger partial charge in [0.1, 0.15) is 17.4 Å². The first-order valence-corrected chi connectivity index (χ1v) is 7.62. The second-order valence-electron chi connectivity index (χ2n) is 5.53. The summed E-state index contributed by atoms with van der Waals surface area (Å²) in [5.41, 5.74) is 4.09. The minimum atomic E-state index is 0.645. The molecule has 0 atom stereocenters. The van der Waals surface area contributed by atoms with Gasteiger partial charge < -0.3 is 9.73 Å². The van der Waals surface area contributed by atoms with Crippen LogP contribution in [0.3, 0.4) is 0 Å². The van der Waals surface area contributed by atoms with E-state index in [4.69, 9.17) is 4.42 Å². The number of aromatic nitrogens is 3. The van der Waals surface area contributed by atoms with Crippen LogP contribution in [0, 0.1) is 0 Å². The lowest BCUT2D eigenvalue weighted by atomic mass is 10.2. The summed E-state index contributed by atoms with van der Waals surface area (Å²) in [6.45, 7) is 0. The third-order valence-corrected chi connectivity index (χ3v) is 4.03. The lowest BCUT2D eigenvalue weighted by Crippen LogP contribution is -1.95. The van der Waals surface area contributed by atoms with Crippen molar-refractivity contribution >= 4 is 44.5 Å². The van der Waals surface area contributed by atoms with Gasteiger partial charge in [0.2, 0.25) is 0 Å². The van der Waals surface area contributed by atoms with Gasteiger partial charge in [-0.1, -0.05) is 24.3 Å². The van der Waals surface area contributed by atoms with E-state index in [1.807, 2.05) is 54.6 Å². The average Bonchev–Trinajstić information content (AvgIpc) is 3.02. The van der Waals surface area contributed by atoms with Crippen LogP contribution in [0.4, 0.5) is 11.5 Å². The number of fused-ring (bicyclic) bond motifs is 4. The number of nitrogens with one attached hydrogen (secondary N) is 1. The Hall–Kier alpha value is -3.47. The molecule has 3 heterocycles. The Morgan fingerprint density at radius 1 is 0.875 bits per heavy atom. The van der Waals surface area contributed by atoms with Crippen molar-refractivity contribution in [1.29, 1.82) is 0 Å². The van der Waals surface area contributed by atoms with Gasteiger partial charge >= 0.3 is 0 Å². The van der Waals surface area contributed by atoms with Gasteiger partial charge in [0.25, 0.3) is 0 Å². The summed E-state index contributed by atoms with van der Waals surface area (Å²) in [5, 5.41) is 5.40. The van der Waals surface area contributed by atoms with Crippen LogP contribution in [0.1, 0.15) is 0 Å². The molecule has 0 amide bonds. The highest BCUT2D eigenvalue weighted by Gasteiger charge is 2.13. The molecule has 5 nitrogen and oxygen atoms in total. The van der Waals surface area contributed by atoms with Crippen molar-refractivity contribution < 1.29 is 4.42 Å². The fourth-order valence-electron chi connectivity index (χ4n) is 2.89. The molecule has 0 aliphatic carbocycles. The molecule has 0 saturated heterocycles. The maximum atomic E-state index is 5.94. The molecule has 1 N–H and O–H groups in total. The number of anilines is 2. The zero-order chi connectivity index (χ0) is 15.9. The predicted molar refractivity (Wildman–Crippen MR) is 94.3 cm³/mol. The Labute approximate surface area is 137 Å². The highest BCUT2D eigenvalue weighted by atomic mass is 16.3. The minimum absolute atomic E-state index is 0.645. The van der Waals surface area contributed by atoms with Crippen LogP contribution >= 0.6 is 0 Å². The third-order valence-electron chi connectivity index (χ3n) is 4.03. The standard InChI is InChI=1S/C19H12N4O/c1-2-6-16-14(5-1)17-18(24-16)19(22-11-21-17)23-13-8-7-12-4-3-9-20-15(12)10-13/h1-11H,(H,21,22,23). The first-order valence-electron chi connectivity index (χ1n) is 7.62. The lowest BCUT2D eigenvalue weighted by Gasteiger charge is -2.06. The monoisotopic (exact) mass is 312 g/mol. The Morgan fingerprint density at radius 3 is 2.83 bits per heavy atom. The second kappa shape index (κ2) is 5.03. The Kier molecular flexibility index (Phi) is 2.72. The maximum Gasteiger partial charge on any atom is 0.196 e. The molecule has 0 fully saturated rings. The molecule has 5 rings (SSSR count). The lowest BCUT2D eigenvalue weighted by molar-refractivity contribution is 0.667. The smallest absolute Gasteiger partial charge is 0.196 e. The largest absolute Gasteiger partial charge is 0.450 e. The maximum absolute atomic E-state index is 5.94. The molecule has 3 aromatic heterocycles. The summed E-state index contributed by atoms with van der Waals surface area (Å²) in [7, 11) is 0. The Bertz CT molecular complexity index is 1200. The van der Waals surface area contributed by atoms with Gasteiger partial charge in [-0.2, -0.15) is 0 Å². The van der Waals surface area contributed by atoms with Crippen molar-refractivity contribution in [1.82, 2.24) is 15.0 Å². The van der Waals surface area contributed by atoms with Crippen molar-refractivity contribution in [3.8, 4) is 0 Å².